The van der Waals surface area contributed by atoms with Crippen LogP contribution in [0.5, 0.6) is 0 Å². The molecule has 4 saturated carbocycles. The van der Waals surface area contributed by atoms with Crippen LogP contribution in [0.15, 0.2) is 11.6 Å². The van der Waals surface area contributed by atoms with Gasteiger partial charge in [0.05, 0.1) is 49.8 Å². The maximum absolute atomic E-state index is 12.9. The zero-order chi connectivity index (χ0) is 55.2. The molecule has 4 heterocycles. The Morgan fingerprint density at radius 2 is 1.20 bits per heavy atom. The third-order valence-electron chi connectivity index (χ3n) is 20.4. The Bertz CT molecular complexity index is 1960. The molecular formula is C53H90O22. The topological polar surface area (TPSA) is 357 Å². The van der Waals surface area contributed by atoms with E-state index in [0.29, 0.717) is 51.4 Å². The summed E-state index contributed by atoms with van der Waals surface area (Å²) in [6, 6.07) is 0. The molecular weight excluding hydrogens is 989 g/mol. The van der Waals surface area contributed by atoms with Crippen molar-refractivity contribution in [2.75, 3.05) is 19.8 Å². The van der Waals surface area contributed by atoms with Crippen LogP contribution in [-0.2, 0) is 37.9 Å². The van der Waals surface area contributed by atoms with E-state index in [-0.39, 0.29) is 11.8 Å². The molecule has 0 radical (unpaired) electrons. The number of aliphatic hydroxyl groups excluding tert-OH is 14. The quantitative estimate of drug-likeness (QED) is 0.0651. The van der Waals surface area contributed by atoms with E-state index in [1.54, 1.807) is 0 Å². The van der Waals surface area contributed by atoms with Crippen LogP contribution in [0.4, 0.5) is 0 Å². The molecule has 0 spiro atoms. The molecule has 30 atom stereocenters. The summed E-state index contributed by atoms with van der Waals surface area (Å²) in [6.07, 6.45) is -25.3. The summed E-state index contributed by atoms with van der Waals surface area (Å²) in [7, 11) is 0. The van der Waals surface area contributed by atoms with Crippen LogP contribution < -0.4 is 0 Å². The van der Waals surface area contributed by atoms with E-state index in [1.165, 1.54) is 6.92 Å². The summed E-state index contributed by atoms with van der Waals surface area (Å²) < 4.78 is 49.8. The van der Waals surface area contributed by atoms with E-state index >= 15 is 0 Å². The largest absolute Gasteiger partial charge is 0.394 e. The third-order valence-corrected chi connectivity index (χ3v) is 20.4. The van der Waals surface area contributed by atoms with Gasteiger partial charge in [-0.1, -0.05) is 46.3 Å². The van der Waals surface area contributed by atoms with Gasteiger partial charge in [-0.3, -0.25) is 0 Å². The average molecular weight is 1080 g/mol. The van der Waals surface area contributed by atoms with Crippen LogP contribution in [0.3, 0.4) is 0 Å². The van der Waals surface area contributed by atoms with Crippen molar-refractivity contribution in [3.63, 3.8) is 0 Å². The molecule has 22 heteroatoms. The Balaban J connectivity index is 1.12. The van der Waals surface area contributed by atoms with Crippen molar-refractivity contribution in [1.82, 2.24) is 0 Å². The van der Waals surface area contributed by atoms with Crippen LogP contribution in [-0.4, -0.2) is 232 Å². The van der Waals surface area contributed by atoms with E-state index in [4.69, 9.17) is 37.9 Å². The molecule has 4 saturated heterocycles. The predicted molar refractivity (Wildman–Crippen MR) is 260 cm³/mol. The lowest BCUT2D eigenvalue weighted by molar-refractivity contribution is -0.382. The lowest BCUT2D eigenvalue weighted by Crippen LogP contribution is -2.71. The maximum atomic E-state index is 12.9. The van der Waals surface area contributed by atoms with Crippen LogP contribution in [0, 0.1) is 45.3 Å². The molecule has 22 nitrogen and oxygen atoms in total. The summed E-state index contributed by atoms with van der Waals surface area (Å²) in [5.41, 5.74) is -2.78. The van der Waals surface area contributed by atoms with Crippen LogP contribution in [0.25, 0.3) is 0 Å². The normalized spacial score (nSPS) is 53.6. The summed E-state index contributed by atoms with van der Waals surface area (Å²) in [5.74, 6) is -1.36. The Hall–Kier alpha value is -1.14. The van der Waals surface area contributed by atoms with Gasteiger partial charge in [-0.2, -0.15) is 0 Å². The first kappa shape index (κ1) is 60.0. The number of hydrogen-bond acceptors (Lipinski definition) is 22. The summed E-state index contributed by atoms with van der Waals surface area (Å²) in [6.45, 7) is 16.2. The van der Waals surface area contributed by atoms with Gasteiger partial charge in [-0.25, -0.2) is 0 Å². The van der Waals surface area contributed by atoms with Gasteiger partial charge in [0.2, 0.25) is 0 Å². The molecule has 0 bridgehead atoms. The van der Waals surface area contributed by atoms with Gasteiger partial charge in [0.25, 0.3) is 0 Å². The van der Waals surface area contributed by atoms with Crippen molar-refractivity contribution in [1.29, 1.82) is 0 Å². The predicted octanol–water partition coefficient (Wildman–Crippen LogP) is -1.57. The lowest BCUT2D eigenvalue weighted by atomic mass is 9.34. The van der Waals surface area contributed by atoms with E-state index in [2.05, 4.69) is 26.8 Å². The van der Waals surface area contributed by atoms with Crippen molar-refractivity contribution in [3.05, 3.63) is 11.6 Å². The van der Waals surface area contributed by atoms with Gasteiger partial charge in [0.15, 0.2) is 25.2 Å². The second-order valence-electron chi connectivity index (χ2n) is 25.4. The fourth-order valence-corrected chi connectivity index (χ4v) is 16.1. The molecule has 0 amide bonds. The van der Waals surface area contributed by atoms with E-state index in [9.17, 15) is 71.5 Å². The molecule has 4 aliphatic carbocycles. The van der Waals surface area contributed by atoms with Gasteiger partial charge >= 0.3 is 0 Å². The first-order valence-corrected chi connectivity index (χ1v) is 27.2. The van der Waals surface area contributed by atoms with Gasteiger partial charge in [0, 0.05) is 0 Å². The molecule has 434 valence electrons. The number of allylic oxidation sites excluding steroid dienone is 2. The summed E-state index contributed by atoms with van der Waals surface area (Å²) in [5, 5.41) is 155. The maximum Gasteiger partial charge on any atom is 0.187 e. The van der Waals surface area contributed by atoms with Crippen molar-refractivity contribution in [2.45, 2.75) is 254 Å². The molecule has 0 aromatic heterocycles. The molecule has 8 rings (SSSR count). The second kappa shape index (κ2) is 22.3. The first-order valence-electron chi connectivity index (χ1n) is 27.2. The zero-order valence-corrected chi connectivity index (χ0v) is 44.9. The highest BCUT2D eigenvalue weighted by atomic mass is 16.8. The standard InChI is InChI=1S/C53H90O22/c1-22(2)11-10-14-53(9,75-47-42(67)38(63)36(61)29(73-47)21-68-45-40(65)35(60)28(20-55)71-45)24-12-16-51(7)32(24)25(56)17-30-50(6)15-13-31(57)49(4,5)44(50)26(18-52(30,51)8)70-48-43(39(64)34(59)27(19-54)72-48)74-46-41(66)37(62)33(58)23(3)69-46/h11,23-48,54-67H,10,12-21H2,1-9H3/t23-,24-,25+,26-,27+,28+,29+,30+,31-,32-,33-,34+,35+,36+,37+,38-,39-,40-,41+,42+,43+,44+,45+,46+,47+,48-,50+,51+,52+,53-/m0/s1. The molecule has 0 aromatic rings. The zero-order valence-electron chi connectivity index (χ0n) is 44.9. The second-order valence-corrected chi connectivity index (χ2v) is 25.4. The lowest BCUT2D eigenvalue weighted by Gasteiger charge is -2.72. The third kappa shape index (κ3) is 10.4. The van der Waals surface area contributed by atoms with Crippen LogP contribution >= 0.6 is 0 Å². The number of ether oxygens (including phenoxy) is 8. The number of fused-ring (bicyclic) bond motifs is 5. The van der Waals surface area contributed by atoms with E-state index in [1.807, 2.05) is 34.6 Å². The van der Waals surface area contributed by atoms with E-state index < -0.39 is 194 Å². The highest BCUT2D eigenvalue weighted by Gasteiger charge is 2.74. The Labute approximate surface area is 439 Å². The average Bonchev–Trinajstić information content (AvgIpc) is 3.87. The van der Waals surface area contributed by atoms with E-state index in [0.717, 1.165) is 5.57 Å². The van der Waals surface area contributed by atoms with Crippen molar-refractivity contribution >= 4 is 0 Å². The Morgan fingerprint density at radius 1 is 0.627 bits per heavy atom. The SMILES string of the molecule is CC(C)=CCC[C@](C)(O[C@H]1O[C@H](CO[C@@H]2O[C@H](CO)[C@@H](O)[C@@H]2O)[C@@H](O)[C@H](O)[C@H]1O)[C@H]1CC[C@]2(C)[C@@H]1[C@H](O)C[C@@H]1[C@@]3(C)CC[C@H](O)C(C)(C)[C@H]3[C@@H](O[C@H]3O[C@H](CO)[C@@H](O)[C@H](O)[C@H]3O[C@H]3O[C@@H](C)[C@H](O)[C@@H](O)[C@H]3O)C[C@]12C. The highest BCUT2D eigenvalue weighted by molar-refractivity contribution is 5.22. The number of aliphatic hydroxyl groups is 14. The molecule has 75 heavy (non-hydrogen) atoms. The first-order chi connectivity index (χ1) is 35.0. The minimum Gasteiger partial charge on any atom is -0.394 e. The van der Waals surface area contributed by atoms with Crippen LogP contribution in [0.2, 0.25) is 0 Å². The molecule has 8 fully saturated rings. The monoisotopic (exact) mass is 1080 g/mol. The highest BCUT2D eigenvalue weighted by Crippen LogP contribution is 2.76. The van der Waals surface area contributed by atoms with Crippen molar-refractivity contribution in [3.8, 4) is 0 Å². The fraction of sp³-hybridized carbons (Fsp3) is 0.962. The van der Waals surface area contributed by atoms with Gasteiger partial charge in [0.1, 0.15) is 85.5 Å². The molecule has 0 unspecified atom stereocenters. The fourth-order valence-electron chi connectivity index (χ4n) is 16.1. The Morgan fingerprint density at radius 3 is 1.84 bits per heavy atom. The molecule has 14 N–H and O–H groups in total. The summed E-state index contributed by atoms with van der Waals surface area (Å²) in [4.78, 5) is 0. The summed E-state index contributed by atoms with van der Waals surface area (Å²) >= 11 is 0. The van der Waals surface area contributed by atoms with Crippen molar-refractivity contribution < 1.29 is 109 Å². The minimum atomic E-state index is -1.77. The Kier molecular flexibility index (Phi) is 17.8. The number of hydrogen-bond donors (Lipinski definition) is 14. The van der Waals surface area contributed by atoms with Crippen molar-refractivity contribution in [2.24, 2.45) is 45.3 Å². The van der Waals surface area contributed by atoms with Crippen LogP contribution in [0.1, 0.15) is 114 Å². The van der Waals surface area contributed by atoms with Gasteiger partial charge in [-0.05, 0) is 124 Å². The number of rotatable bonds is 15. The van der Waals surface area contributed by atoms with Gasteiger partial charge < -0.3 is 109 Å². The molecule has 0 aromatic carbocycles. The smallest absolute Gasteiger partial charge is 0.187 e. The minimum absolute atomic E-state index is 0.136. The van der Waals surface area contributed by atoms with Gasteiger partial charge in [-0.15, -0.1) is 0 Å². The molecule has 4 aliphatic heterocycles. The molecule has 8 aliphatic rings.